The average Bonchev–Trinajstić information content (AvgIpc) is 3.23. The van der Waals surface area contributed by atoms with Crippen LogP contribution >= 0.6 is 12.0 Å². The molecule has 32 heavy (non-hydrogen) atoms. The van der Waals surface area contributed by atoms with Crippen LogP contribution in [0.1, 0.15) is 0 Å². The molecule has 0 fully saturated rings. The molecule has 0 atom stereocenters. The number of methoxy groups -OCH3 is 1. The fourth-order valence-corrected chi connectivity index (χ4v) is 4.01. The lowest BCUT2D eigenvalue weighted by atomic mass is 10.0. The Bertz CT molecular complexity index is 1340. The Morgan fingerprint density at radius 3 is 2.28 bits per heavy atom. The van der Waals surface area contributed by atoms with E-state index in [0.717, 1.165) is 50.3 Å². The highest BCUT2D eigenvalue weighted by Crippen LogP contribution is 2.37. The summed E-state index contributed by atoms with van der Waals surface area (Å²) >= 11 is 1.14. The second-order valence-electron chi connectivity index (χ2n) is 7.07. The van der Waals surface area contributed by atoms with Crippen LogP contribution in [0, 0.1) is 0 Å². The van der Waals surface area contributed by atoms with Gasteiger partial charge in [-0.15, -0.1) is 4.73 Å². The molecule has 0 saturated heterocycles. The summed E-state index contributed by atoms with van der Waals surface area (Å²) in [6.45, 7) is 0. The molecule has 0 aliphatic heterocycles. The molecule has 0 amide bonds. The highest BCUT2D eigenvalue weighted by Gasteiger charge is 2.17. The molecule has 5 aromatic rings. The van der Waals surface area contributed by atoms with E-state index in [1.807, 2.05) is 85.2 Å². The lowest BCUT2D eigenvalue weighted by molar-refractivity contribution is -0.188. The molecule has 2 heterocycles. The zero-order valence-electron chi connectivity index (χ0n) is 17.3. The first-order valence-corrected chi connectivity index (χ1v) is 10.8. The summed E-state index contributed by atoms with van der Waals surface area (Å²) in [5, 5.41) is 0.934. The van der Waals surface area contributed by atoms with Crippen molar-refractivity contribution in [2.75, 3.05) is 7.11 Å². The minimum absolute atomic E-state index is 0.652. The first kappa shape index (κ1) is 20.2. The molecule has 0 unspecified atom stereocenters. The summed E-state index contributed by atoms with van der Waals surface area (Å²) in [6.07, 6.45) is 3.71. The number of nitrogens with zero attached hydrogens (tertiary/aromatic N) is 2. The number of ether oxygens (including phenoxy) is 1. The summed E-state index contributed by atoms with van der Waals surface area (Å²) in [7, 11) is 1.67. The Labute approximate surface area is 190 Å². The summed E-state index contributed by atoms with van der Waals surface area (Å²) in [4.78, 5) is 11.3. The smallest absolute Gasteiger partial charge is 0.179 e. The van der Waals surface area contributed by atoms with Crippen molar-refractivity contribution in [3.63, 3.8) is 0 Å². The van der Waals surface area contributed by atoms with Gasteiger partial charge >= 0.3 is 0 Å². The molecule has 0 radical (unpaired) electrons. The number of para-hydroxylation sites is 1. The normalized spacial score (nSPS) is 10.9. The van der Waals surface area contributed by atoms with E-state index in [9.17, 15) is 0 Å². The van der Waals surface area contributed by atoms with Crippen molar-refractivity contribution in [1.29, 1.82) is 0 Å². The van der Waals surface area contributed by atoms with Crippen molar-refractivity contribution >= 4 is 23.1 Å². The fourth-order valence-electron chi connectivity index (χ4n) is 3.57. The van der Waals surface area contributed by atoms with Crippen LogP contribution in [0.2, 0.25) is 0 Å². The molecule has 5 nitrogen and oxygen atoms in total. The number of pyridine rings is 1. The fraction of sp³-hybridized carbons (Fsp3) is 0.0385. The minimum Gasteiger partial charge on any atom is -0.496 e. The third-order valence-electron chi connectivity index (χ3n) is 5.10. The zero-order chi connectivity index (χ0) is 21.8. The van der Waals surface area contributed by atoms with Gasteiger partial charge in [-0.25, -0.2) is 9.97 Å². The van der Waals surface area contributed by atoms with E-state index < -0.39 is 0 Å². The lowest BCUT2D eigenvalue weighted by Crippen LogP contribution is -2.07. The van der Waals surface area contributed by atoms with E-state index in [1.165, 1.54) is 0 Å². The second-order valence-corrected chi connectivity index (χ2v) is 7.84. The van der Waals surface area contributed by atoms with Crippen LogP contribution in [0.25, 0.3) is 33.3 Å². The molecular weight excluding hydrogens is 420 g/mol. The topological polar surface area (TPSA) is 45.5 Å². The van der Waals surface area contributed by atoms with Gasteiger partial charge in [0.1, 0.15) is 5.75 Å². The van der Waals surface area contributed by atoms with Gasteiger partial charge in [-0.3, -0.25) is 0 Å². The molecule has 0 bridgehead atoms. The van der Waals surface area contributed by atoms with Crippen LogP contribution < -0.4 is 9.73 Å². The van der Waals surface area contributed by atoms with E-state index in [4.69, 9.17) is 19.0 Å². The number of hydrogen-bond acceptors (Lipinski definition) is 5. The Hall–Kier alpha value is -3.74. The summed E-state index contributed by atoms with van der Waals surface area (Å²) < 4.78 is 12.6. The maximum atomic E-state index is 5.62. The van der Waals surface area contributed by atoms with Gasteiger partial charge in [0.05, 0.1) is 25.3 Å². The highest BCUT2D eigenvalue weighted by molar-refractivity contribution is 7.94. The number of fused-ring (bicyclic) bond motifs is 1. The van der Waals surface area contributed by atoms with Gasteiger partial charge in [0.2, 0.25) is 0 Å². The molecular formula is C26H20N2O3S. The number of benzene rings is 3. The van der Waals surface area contributed by atoms with Gasteiger partial charge in [-0.2, -0.15) is 0 Å². The van der Waals surface area contributed by atoms with Crippen molar-refractivity contribution in [1.82, 2.24) is 9.71 Å². The van der Waals surface area contributed by atoms with Crippen molar-refractivity contribution in [2.45, 2.75) is 4.90 Å². The lowest BCUT2D eigenvalue weighted by Gasteiger charge is -2.07. The largest absolute Gasteiger partial charge is 0.496 e. The standard InChI is InChI=1S/C26H20N2O3S/c1-29-25-15-9-8-14-22(25)24-18-28(30-31-32-21-12-6-3-7-13-21)26-23(24)16-20(17-27-26)19-10-4-2-5-11-19/h2-18H,1H3. The van der Waals surface area contributed by atoms with Crippen LogP contribution in [-0.2, 0) is 4.33 Å². The average molecular weight is 441 g/mol. The minimum atomic E-state index is 0.652. The van der Waals surface area contributed by atoms with Crippen LogP contribution in [0.15, 0.2) is 108 Å². The van der Waals surface area contributed by atoms with Gasteiger partial charge in [0, 0.05) is 33.2 Å². The van der Waals surface area contributed by atoms with Crippen LogP contribution in [0.5, 0.6) is 5.75 Å². The van der Waals surface area contributed by atoms with Gasteiger partial charge in [-0.05, 0) is 29.8 Å². The Morgan fingerprint density at radius 2 is 1.50 bits per heavy atom. The first-order chi connectivity index (χ1) is 15.8. The molecule has 0 N–H and O–H groups in total. The van der Waals surface area contributed by atoms with E-state index in [-0.39, 0.29) is 0 Å². The molecule has 0 aliphatic rings. The molecule has 2 aromatic heterocycles. The Balaban J connectivity index is 1.56. The molecule has 5 rings (SSSR count). The third kappa shape index (κ3) is 4.06. The van der Waals surface area contributed by atoms with Crippen molar-refractivity contribution in [3.05, 3.63) is 103 Å². The summed E-state index contributed by atoms with van der Waals surface area (Å²) in [5.41, 5.74) is 4.66. The second kappa shape index (κ2) is 9.18. The molecule has 0 saturated carbocycles. The van der Waals surface area contributed by atoms with Gasteiger partial charge in [-0.1, -0.05) is 71.1 Å². The maximum Gasteiger partial charge on any atom is 0.179 e. The maximum absolute atomic E-state index is 5.62. The number of hydrogen-bond donors (Lipinski definition) is 0. The van der Waals surface area contributed by atoms with Crippen molar-refractivity contribution < 1.29 is 14.1 Å². The van der Waals surface area contributed by atoms with E-state index >= 15 is 0 Å². The van der Waals surface area contributed by atoms with Gasteiger partial charge in [0.15, 0.2) is 5.65 Å². The highest BCUT2D eigenvalue weighted by atomic mass is 32.2. The molecule has 3 aromatic carbocycles. The number of aromatic nitrogens is 2. The Morgan fingerprint density at radius 1 is 0.781 bits per heavy atom. The van der Waals surface area contributed by atoms with Gasteiger partial charge in [0.25, 0.3) is 0 Å². The molecule has 0 aliphatic carbocycles. The van der Waals surface area contributed by atoms with E-state index in [2.05, 4.69) is 18.2 Å². The van der Waals surface area contributed by atoms with Crippen LogP contribution in [0.3, 0.4) is 0 Å². The summed E-state index contributed by atoms with van der Waals surface area (Å²) in [6, 6.07) is 29.9. The number of rotatable bonds is 7. The summed E-state index contributed by atoms with van der Waals surface area (Å²) in [5.74, 6) is 0.774. The van der Waals surface area contributed by atoms with E-state index in [0.29, 0.717) is 5.65 Å². The van der Waals surface area contributed by atoms with Crippen LogP contribution in [-0.4, -0.2) is 16.8 Å². The Kier molecular flexibility index (Phi) is 5.79. The van der Waals surface area contributed by atoms with E-state index in [1.54, 1.807) is 11.8 Å². The van der Waals surface area contributed by atoms with Gasteiger partial charge < -0.3 is 4.74 Å². The third-order valence-corrected chi connectivity index (χ3v) is 5.69. The molecule has 158 valence electrons. The van der Waals surface area contributed by atoms with Crippen molar-refractivity contribution in [2.24, 2.45) is 0 Å². The SMILES string of the molecule is COc1ccccc1-c1cn(OOSc2ccccc2)c2ncc(-c3ccccc3)cc12. The predicted octanol–water partition coefficient (Wildman–Crippen LogP) is 6.45. The quantitative estimate of drug-likeness (QED) is 0.165. The molecule has 6 heteroatoms. The zero-order valence-corrected chi connectivity index (χ0v) is 18.2. The van der Waals surface area contributed by atoms with Crippen LogP contribution in [0.4, 0.5) is 0 Å². The predicted molar refractivity (Wildman–Crippen MR) is 127 cm³/mol. The van der Waals surface area contributed by atoms with Crippen molar-refractivity contribution in [3.8, 4) is 28.0 Å². The monoisotopic (exact) mass is 440 g/mol. The first-order valence-electron chi connectivity index (χ1n) is 10.1. The molecule has 0 spiro atoms.